The van der Waals surface area contributed by atoms with Gasteiger partial charge in [-0.2, -0.15) is 0 Å². The second kappa shape index (κ2) is 8.39. The summed E-state index contributed by atoms with van der Waals surface area (Å²) in [5.41, 5.74) is 3.47. The molecule has 1 N–H and O–H groups in total. The van der Waals surface area contributed by atoms with Crippen LogP contribution in [0.3, 0.4) is 0 Å². The highest BCUT2D eigenvalue weighted by molar-refractivity contribution is 5.98. The average molecular weight is 391 g/mol. The van der Waals surface area contributed by atoms with Gasteiger partial charge in [0.25, 0.3) is 0 Å². The molecule has 29 heavy (non-hydrogen) atoms. The molecule has 148 valence electrons. The zero-order chi connectivity index (χ0) is 20.2. The van der Waals surface area contributed by atoms with Gasteiger partial charge in [-0.1, -0.05) is 24.3 Å². The van der Waals surface area contributed by atoms with Gasteiger partial charge in [0.15, 0.2) is 5.78 Å². The Balaban J connectivity index is 1.42. The van der Waals surface area contributed by atoms with E-state index in [1.165, 1.54) is 17.7 Å². The molecule has 0 saturated heterocycles. The van der Waals surface area contributed by atoms with Crippen LogP contribution in [0.4, 0.5) is 10.3 Å². The molecule has 1 heterocycles. The van der Waals surface area contributed by atoms with E-state index < -0.39 is 0 Å². The molecule has 1 aliphatic rings. The Morgan fingerprint density at radius 3 is 2.59 bits per heavy atom. The summed E-state index contributed by atoms with van der Waals surface area (Å²) in [4.78, 5) is 21.4. The number of rotatable bonds is 6. The summed E-state index contributed by atoms with van der Waals surface area (Å²) < 4.78 is 18.4. The number of nitrogens with one attached hydrogen (secondary N) is 1. The van der Waals surface area contributed by atoms with E-state index in [1.807, 2.05) is 24.3 Å². The first-order valence-corrected chi connectivity index (χ1v) is 9.64. The Morgan fingerprint density at radius 1 is 1.10 bits per heavy atom. The van der Waals surface area contributed by atoms with Crippen LogP contribution in [0.25, 0.3) is 0 Å². The topological polar surface area (TPSA) is 64.1 Å². The Kier molecular flexibility index (Phi) is 5.51. The molecule has 1 aliphatic carbocycles. The number of benzene rings is 2. The van der Waals surface area contributed by atoms with Crippen LogP contribution in [0.1, 0.15) is 39.5 Å². The molecule has 0 amide bonds. The first kappa shape index (κ1) is 19.1. The normalized spacial score (nSPS) is 15.7. The minimum atomic E-state index is -0.276. The fourth-order valence-electron chi connectivity index (χ4n) is 3.61. The first-order chi connectivity index (χ1) is 14.1. The minimum absolute atomic E-state index is 0.0117. The molecule has 3 aromatic rings. The lowest BCUT2D eigenvalue weighted by molar-refractivity contribution is 0.0962. The molecule has 0 aliphatic heterocycles. The standard InChI is InChI=1S/C23H22FN3O2/c1-29-19-8-2-15(3-9-19)10-11-25-23-26-14-20-21(27-23)12-17(13-22(20)28)16-4-6-18(24)7-5-16/h2-9,14,17H,10-13H2,1H3,(H,25,26,27)/t17-/m1/s1. The van der Waals surface area contributed by atoms with E-state index in [0.717, 1.165) is 23.4 Å². The van der Waals surface area contributed by atoms with Crippen LogP contribution in [-0.4, -0.2) is 29.4 Å². The molecule has 5 nitrogen and oxygen atoms in total. The highest BCUT2D eigenvalue weighted by Crippen LogP contribution is 2.32. The lowest BCUT2D eigenvalue weighted by atomic mass is 9.82. The van der Waals surface area contributed by atoms with Crippen molar-refractivity contribution >= 4 is 11.7 Å². The third-order valence-corrected chi connectivity index (χ3v) is 5.24. The third kappa shape index (κ3) is 4.42. The SMILES string of the molecule is COc1ccc(CCNc2ncc3c(n2)C[C@@H](c2ccc(F)cc2)CC3=O)cc1. The van der Waals surface area contributed by atoms with Crippen molar-refractivity contribution in [2.75, 3.05) is 19.0 Å². The van der Waals surface area contributed by atoms with Crippen molar-refractivity contribution in [1.29, 1.82) is 0 Å². The van der Waals surface area contributed by atoms with E-state index in [4.69, 9.17) is 4.74 Å². The molecule has 0 saturated carbocycles. The lowest BCUT2D eigenvalue weighted by Crippen LogP contribution is -2.21. The molecular weight excluding hydrogens is 369 g/mol. The highest BCUT2D eigenvalue weighted by Gasteiger charge is 2.28. The van der Waals surface area contributed by atoms with Crippen LogP contribution in [0.15, 0.2) is 54.7 Å². The smallest absolute Gasteiger partial charge is 0.222 e. The number of hydrogen-bond acceptors (Lipinski definition) is 5. The number of ketones is 1. The summed E-state index contributed by atoms with van der Waals surface area (Å²) >= 11 is 0. The molecular formula is C23H22FN3O2. The summed E-state index contributed by atoms with van der Waals surface area (Å²) in [7, 11) is 1.65. The van der Waals surface area contributed by atoms with Gasteiger partial charge in [-0.3, -0.25) is 4.79 Å². The van der Waals surface area contributed by atoms with Crippen LogP contribution in [0, 0.1) is 5.82 Å². The maximum absolute atomic E-state index is 13.2. The van der Waals surface area contributed by atoms with Gasteiger partial charge in [-0.25, -0.2) is 14.4 Å². The predicted molar refractivity (Wildman–Crippen MR) is 109 cm³/mol. The summed E-state index contributed by atoms with van der Waals surface area (Å²) in [6, 6.07) is 14.3. The summed E-state index contributed by atoms with van der Waals surface area (Å²) in [5, 5.41) is 3.23. The molecule has 0 fully saturated rings. The van der Waals surface area contributed by atoms with E-state index in [1.54, 1.807) is 25.4 Å². The minimum Gasteiger partial charge on any atom is -0.497 e. The number of fused-ring (bicyclic) bond motifs is 1. The van der Waals surface area contributed by atoms with Crippen LogP contribution in [0.2, 0.25) is 0 Å². The van der Waals surface area contributed by atoms with Crippen molar-refractivity contribution < 1.29 is 13.9 Å². The number of Topliss-reactive ketones (excluding diaryl/α,β-unsaturated/α-hetero) is 1. The number of aromatic nitrogens is 2. The molecule has 0 unspecified atom stereocenters. The highest BCUT2D eigenvalue weighted by atomic mass is 19.1. The fourth-order valence-corrected chi connectivity index (χ4v) is 3.61. The maximum atomic E-state index is 13.2. The number of methoxy groups -OCH3 is 1. The van der Waals surface area contributed by atoms with Gasteiger partial charge in [0, 0.05) is 19.2 Å². The van der Waals surface area contributed by atoms with E-state index >= 15 is 0 Å². The molecule has 0 radical (unpaired) electrons. The van der Waals surface area contributed by atoms with Gasteiger partial charge in [-0.05, 0) is 54.2 Å². The van der Waals surface area contributed by atoms with Gasteiger partial charge in [-0.15, -0.1) is 0 Å². The van der Waals surface area contributed by atoms with Crippen LogP contribution in [-0.2, 0) is 12.8 Å². The third-order valence-electron chi connectivity index (χ3n) is 5.24. The van der Waals surface area contributed by atoms with Crippen molar-refractivity contribution in [3.63, 3.8) is 0 Å². The molecule has 4 rings (SSSR count). The lowest BCUT2D eigenvalue weighted by Gasteiger charge is -2.23. The van der Waals surface area contributed by atoms with Gasteiger partial charge < -0.3 is 10.1 Å². The monoisotopic (exact) mass is 391 g/mol. The number of ether oxygens (including phenoxy) is 1. The first-order valence-electron chi connectivity index (χ1n) is 9.64. The Morgan fingerprint density at radius 2 is 1.86 bits per heavy atom. The van der Waals surface area contributed by atoms with E-state index in [0.29, 0.717) is 30.9 Å². The summed E-state index contributed by atoms with van der Waals surface area (Å²) in [5.74, 6) is 1.12. The molecule has 1 atom stereocenters. The van der Waals surface area contributed by atoms with Gasteiger partial charge in [0.2, 0.25) is 5.95 Å². The maximum Gasteiger partial charge on any atom is 0.222 e. The number of hydrogen-bond donors (Lipinski definition) is 1. The van der Waals surface area contributed by atoms with Crippen LogP contribution < -0.4 is 10.1 Å². The van der Waals surface area contributed by atoms with E-state index in [9.17, 15) is 9.18 Å². The van der Waals surface area contributed by atoms with E-state index in [-0.39, 0.29) is 17.5 Å². The van der Waals surface area contributed by atoms with Gasteiger partial charge >= 0.3 is 0 Å². The van der Waals surface area contributed by atoms with Crippen LogP contribution in [0.5, 0.6) is 5.75 Å². The fraction of sp³-hybridized carbons (Fsp3) is 0.261. The van der Waals surface area contributed by atoms with Crippen molar-refractivity contribution in [2.45, 2.75) is 25.2 Å². The van der Waals surface area contributed by atoms with Crippen molar-refractivity contribution in [2.24, 2.45) is 0 Å². The van der Waals surface area contributed by atoms with Crippen molar-refractivity contribution in [3.8, 4) is 5.75 Å². The Hall–Kier alpha value is -3.28. The van der Waals surface area contributed by atoms with Crippen LogP contribution >= 0.6 is 0 Å². The quantitative estimate of drug-likeness (QED) is 0.683. The Bertz CT molecular complexity index is 1000. The van der Waals surface area contributed by atoms with Gasteiger partial charge in [0.05, 0.1) is 18.4 Å². The summed E-state index contributed by atoms with van der Waals surface area (Å²) in [6.07, 6.45) is 3.47. The van der Waals surface area contributed by atoms with E-state index in [2.05, 4.69) is 15.3 Å². The molecule has 2 aromatic carbocycles. The van der Waals surface area contributed by atoms with Gasteiger partial charge in [0.1, 0.15) is 11.6 Å². The number of anilines is 1. The number of carbonyl (C=O) groups is 1. The molecule has 0 spiro atoms. The second-order valence-electron chi connectivity index (χ2n) is 7.16. The average Bonchev–Trinajstić information content (AvgIpc) is 2.74. The molecule has 6 heteroatoms. The number of halogens is 1. The number of carbonyl (C=O) groups excluding carboxylic acids is 1. The zero-order valence-electron chi connectivity index (χ0n) is 16.2. The Labute approximate surface area is 169 Å². The van der Waals surface area contributed by atoms with Crippen molar-refractivity contribution in [1.82, 2.24) is 9.97 Å². The molecule has 0 bridgehead atoms. The molecule has 1 aromatic heterocycles. The second-order valence-corrected chi connectivity index (χ2v) is 7.16. The summed E-state index contributed by atoms with van der Waals surface area (Å²) in [6.45, 7) is 0.681. The van der Waals surface area contributed by atoms with Crippen molar-refractivity contribution in [3.05, 3.63) is 82.9 Å². The predicted octanol–water partition coefficient (Wildman–Crippen LogP) is 4.19. The zero-order valence-corrected chi connectivity index (χ0v) is 16.2. The number of nitrogens with zero attached hydrogens (tertiary/aromatic N) is 2. The largest absolute Gasteiger partial charge is 0.497 e.